The van der Waals surface area contributed by atoms with Crippen LogP contribution in [-0.4, -0.2) is 25.5 Å². The fraction of sp³-hybridized carbons (Fsp3) is 0.308. The van der Waals surface area contributed by atoms with E-state index in [1.807, 2.05) is 30.7 Å². The van der Waals surface area contributed by atoms with Gasteiger partial charge in [0.2, 0.25) is 0 Å². The lowest BCUT2D eigenvalue weighted by molar-refractivity contribution is 0.112. The summed E-state index contributed by atoms with van der Waals surface area (Å²) >= 11 is 0. The van der Waals surface area contributed by atoms with E-state index in [1.165, 1.54) is 6.07 Å². The van der Waals surface area contributed by atoms with Crippen LogP contribution in [0.25, 0.3) is 10.9 Å². The number of hydrogen-bond donors (Lipinski definition) is 0. The van der Waals surface area contributed by atoms with Crippen molar-refractivity contribution in [3.63, 3.8) is 0 Å². The van der Waals surface area contributed by atoms with Gasteiger partial charge in [-0.05, 0) is 32.0 Å². The monoisotopic (exact) mass is 265 g/mol. The Balaban J connectivity index is 2.88. The van der Waals surface area contributed by atoms with Gasteiger partial charge in [-0.3, -0.25) is 4.79 Å². The van der Waals surface area contributed by atoms with Gasteiger partial charge >= 0.3 is 0 Å². The van der Waals surface area contributed by atoms with Crippen molar-refractivity contribution in [2.24, 2.45) is 0 Å². The summed E-state index contributed by atoms with van der Waals surface area (Å²) in [5, 5.41) is 0.783. The van der Waals surface area contributed by atoms with Crippen LogP contribution >= 0.6 is 0 Å². The van der Waals surface area contributed by atoms with E-state index in [2.05, 4.69) is 0 Å². The number of hydrogen-bond acceptors (Lipinski definition) is 3. The minimum absolute atomic E-state index is 0.178. The second kappa shape index (κ2) is 4.24. The molecule has 0 amide bonds. The molecule has 4 nitrogen and oxygen atoms in total. The average molecular weight is 265 g/mol. The zero-order valence-electron chi connectivity index (χ0n) is 10.5. The van der Waals surface area contributed by atoms with Crippen molar-refractivity contribution in [1.82, 2.24) is 4.57 Å². The molecule has 0 aliphatic rings. The van der Waals surface area contributed by atoms with Crippen molar-refractivity contribution < 1.29 is 13.2 Å². The van der Waals surface area contributed by atoms with Crippen LogP contribution in [0, 0.1) is 0 Å². The second-order valence-electron chi connectivity index (χ2n) is 4.65. The number of sulfone groups is 1. The first-order valence-corrected chi connectivity index (χ1v) is 7.53. The Labute approximate surface area is 106 Å². The highest BCUT2D eigenvalue weighted by atomic mass is 32.2. The van der Waals surface area contributed by atoms with Crippen molar-refractivity contribution >= 4 is 27.0 Å². The molecule has 1 aromatic carbocycles. The molecule has 0 saturated heterocycles. The predicted molar refractivity (Wildman–Crippen MR) is 70.8 cm³/mol. The molecule has 2 aromatic rings. The first-order chi connectivity index (χ1) is 8.34. The van der Waals surface area contributed by atoms with Gasteiger partial charge in [0.15, 0.2) is 16.1 Å². The second-order valence-corrected chi connectivity index (χ2v) is 6.67. The Kier molecular flexibility index (Phi) is 3.02. The van der Waals surface area contributed by atoms with Gasteiger partial charge in [-0.2, -0.15) is 0 Å². The zero-order valence-corrected chi connectivity index (χ0v) is 11.4. The molecule has 0 saturated carbocycles. The SMILES string of the molecule is CC(C)n1ccc2c(C=O)cc(S(C)(=O)=O)cc21. The number of rotatable bonds is 3. The number of aldehydes is 1. The predicted octanol–water partition coefficient (Wildman–Crippen LogP) is 2.44. The highest BCUT2D eigenvalue weighted by Crippen LogP contribution is 2.26. The minimum atomic E-state index is -3.32. The van der Waals surface area contributed by atoms with Crippen molar-refractivity contribution in [1.29, 1.82) is 0 Å². The standard InChI is InChI=1S/C13H15NO3S/c1-9(2)14-5-4-12-10(8-15)6-11(7-13(12)14)18(3,16)17/h4-9H,1-3H3. The van der Waals surface area contributed by atoms with Gasteiger partial charge in [-0.1, -0.05) is 0 Å². The molecule has 2 rings (SSSR count). The number of aromatic nitrogens is 1. The third-order valence-corrected chi connectivity index (χ3v) is 4.05. The highest BCUT2D eigenvalue weighted by molar-refractivity contribution is 7.90. The van der Waals surface area contributed by atoms with E-state index in [1.54, 1.807) is 6.07 Å². The third kappa shape index (κ3) is 2.06. The lowest BCUT2D eigenvalue weighted by Gasteiger charge is -2.10. The van der Waals surface area contributed by atoms with Gasteiger partial charge in [0.25, 0.3) is 0 Å². The van der Waals surface area contributed by atoms with Gasteiger partial charge in [-0.15, -0.1) is 0 Å². The molecule has 0 spiro atoms. The van der Waals surface area contributed by atoms with Crippen LogP contribution < -0.4 is 0 Å². The summed E-state index contributed by atoms with van der Waals surface area (Å²) < 4.78 is 25.2. The van der Waals surface area contributed by atoms with Crippen molar-refractivity contribution in [2.75, 3.05) is 6.26 Å². The van der Waals surface area contributed by atoms with E-state index in [-0.39, 0.29) is 10.9 Å². The molecule has 0 atom stereocenters. The fourth-order valence-corrected chi connectivity index (χ4v) is 2.69. The Morgan fingerprint density at radius 1 is 1.28 bits per heavy atom. The number of carbonyl (C=O) groups excluding carboxylic acids is 1. The molecule has 0 fully saturated rings. The quantitative estimate of drug-likeness (QED) is 0.801. The zero-order chi connectivity index (χ0) is 13.5. The van der Waals surface area contributed by atoms with Gasteiger partial charge in [0.05, 0.1) is 10.4 Å². The van der Waals surface area contributed by atoms with Crippen molar-refractivity contribution in [3.8, 4) is 0 Å². The van der Waals surface area contributed by atoms with Gasteiger partial charge < -0.3 is 4.57 Å². The summed E-state index contributed by atoms with van der Waals surface area (Å²) in [7, 11) is -3.32. The molecule has 18 heavy (non-hydrogen) atoms. The Morgan fingerprint density at radius 3 is 2.44 bits per heavy atom. The number of benzene rings is 1. The smallest absolute Gasteiger partial charge is 0.175 e. The maximum atomic E-state index is 11.6. The molecule has 0 aliphatic heterocycles. The van der Waals surface area contributed by atoms with Gasteiger partial charge in [0.1, 0.15) is 0 Å². The van der Waals surface area contributed by atoms with Crippen molar-refractivity contribution in [2.45, 2.75) is 24.8 Å². The van der Waals surface area contributed by atoms with Crippen LogP contribution in [0.15, 0.2) is 29.3 Å². The fourth-order valence-electron chi connectivity index (χ4n) is 2.03. The summed E-state index contributed by atoms with van der Waals surface area (Å²) in [4.78, 5) is 11.3. The molecule has 0 N–H and O–H groups in total. The van der Waals surface area contributed by atoms with E-state index >= 15 is 0 Å². The average Bonchev–Trinajstić information content (AvgIpc) is 2.69. The Hall–Kier alpha value is -1.62. The van der Waals surface area contributed by atoms with E-state index in [9.17, 15) is 13.2 Å². The van der Waals surface area contributed by atoms with Crippen LogP contribution in [0.5, 0.6) is 0 Å². The summed E-state index contributed by atoms with van der Waals surface area (Å²) in [5.74, 6) is 0. The maximum absolute atomic E-state index is 11.6. The Morgan fingerprint density at radius 2 is 1.94 bits per heavy atom. The molecule has 96 valence electrons. The van der Waals surface area contributed by atoms with E-state index < -0.39 is 9.84 Å². The summed E-state index contributed by atoms with van der Waals surface area (Å²) in [6.45, 7) is 4.01. The molecule has 1 aromatic heterocycles. The molecular weight excluding hydrogens is 250 g/mol. The van der Waals surface area contributed by atoms with E-state index in [0.717, 1.165) is 17.2 Å². The molecule has 5 heteroatoms. The lowest BCUT2D eigenvalue weighted by Crippen LogP contribution is -2.02. The van der Waals surface area contributed by atoms with E-state index in [4.69, 9.17) is 0 Å². The highest BCUT2D eigenvalue weighted by Gasteiger charge is 2.14. The largest absolute Gasteiger partial charge is 0.345 e. The minimum Gasteiger partial charge on any atom is -0.345 e. The van der Waals surface area contributed by atoms with E-state index in [0.29, 0.717) is 11.8 Å². The molecule has 0 radical (unpaired) electrons. The number of carbonyl (C=O) groups is 1. The summed E-state index contributed by atoms with van der Waals surface area (Å²) in [6, 6.07) is 5.09. The van der Waals surface area contributed by atoms with Crippen molar-refractivity contribution in [3.05, 3.63) is 30.0 Å². The van der Waals surface area contributed by atoms with Crippen LogP contribution in [0.2, 0.25) is 0 Å². The molecule has 0 bridgehead atoms. The summed E-state index contributed by atoms with van der Waals surface area (Å²) in [6.07, 6.45) is 3.71. The molecule has 1 heterocycles. The first-order valence-electron chi connectivity index (χ1n) is 5.64. The van der Waals surface area contributed by atoms with Crippen LogP contribution in [0.3, 0.4) is 0 Å². The van der Waals surface area contributed by atoms with Gasteiger partial charge in [-0.25, -0.2) is 8.42 Å². The number of fused-ring (bicyclic) bond motifs is 1. The molecular formula is C13H15NO3S. The van der Waals surface area contributed by atoms with Gasteiger partial charge in [0, 0.05) is 29.4 Å². The molecule has 0 aliphatic carbocycles. The maximum Gasteiger partial charge on any atom is 0.175 e. The lowest BCUT2D eigenvalue weighted by atomic mass is 10.1. The van der Waals surface area contributed by atoms with Crippen LogP contribution in [0.1, 0.15) is 30.2 Å². The summed E-state index contributed by atoms with van der Waals surface area (Å²) in [5.41, 5.74) is 1.18. The normalized spacial score (nSPS) is 12.2. The number of nitrogens with zero attached hydrogens (tertiary/aromatic N) is 1. The van der Waals surface area contributed by atoms with Crippen LogP contribution in [0.4, 0.5) is 0 Å². The first kappa shape index (κ1) is 12.8. The Bertz CT molecular complexity index is 711. The third-order valence-electron chi connectivity index (χ3n) is 2.96. The molecule has 0 unspecified atom stereocenters. The topological polar surface area (TPSA) is 56.1 Å². The van der Waals surface area contributed by atoms with Crippen LogP contribution in [-0.2, 0) is 9.84 Å².